The van der Waals surface area contributed by atoms with E-state index >= 15 is 0 Å². The van der Waals surface area contributed by atoms with E-state index in [0.717, 1.165) is 10.8 Å². The largest absolute Gasteiger partial charge is 0.240 e. The number of alkyl halides is 1. The Morgan fingerprint density at radius 2 is 2.12 bits per heavy atom. The number of halogens is 3. The molecule has 0 aliphatic heterocycles. The first-order valence-electron chi connectivity index (χ1n) is 4.48. The molecule has 1 rings (SSSR count). The Bertz CT molecular complexity index is 467. The van der Waals surface area contributed by atoms with Gasteiger partial charge in [0.25, 0.3) is 0 Å². The van der Waals surface area contributed by atoms with Gasteiger partial charge in [-0.15, -0.1) is 0 Å². The molecule has 0 aliphatic carbocycles. The van der Waals surface area contributed by atoms with Crippen molar-refractivity contribution in [2.45, 2.75) is 11.3 Å². The third-order valence-corrected chi connectivity index (χ3v) is 5.24. The van der Waals surface area contributed by atoms with Gasteiger partial charge in [0.05, 0.1) is 9.92 Å². The zero-order valence-corrected chi connectivity index (χ0v) is 13.5. The number of nitrogens with one attached hydrogen (secondary N) is 1. The summed E-state index contributed by atoms with van der Waals surface area (Å²) in [6, 6.07) is 4.53. The molecule has 1 N–H and O–H groups in total. The summed E-state index contributed by atoms with van der Waals surface area (Å²) >= 11 is 11.2. The van der Waals surface area contributed by atoms with Crippen LogP contribution >= 0.6 is 50.1 Å². The number of benzene rings is 1. The molecule has 0 aromatic heterocycles. The van der Waals surface area contributed by atoms with E-state index in [9.17, 15) is 8.42 Å². The van der Waals surface area contributed by atoms with Gasteiger partial charge in [0.15, 0.2) is 0 Å². The average Bonchev–Trinajstić information content (AvgIpc) is 2.22. The molecule has 0 aliphatic rings. The van der Waals surface area contributed by atoms with Crippen LogP contribution in [-0.2, 0) is 10.0 Å². The second-order valence-corrected chi connectivity index (χ2v) is 7.12. The van der Waals surface area contributed by atoms with E-state index in [1.54, 1.807) is 6.07 Å². The van der Waals surface area contributed by atoms with Gasteiger partial charge in [0.1, 0.15) is 0 Å². The Balaban J connectivity index is 2.86. The van der Waals surface area contributed by atoms with Gasteiger partial charge in [-0.25, -0.2) is 13.1 Å². The first-order chi connectivity index (χ1) is 7.47. The molecule has 0 spiro atoms. The van der Waals surface area contributed by atoms with Gasteiger partial charge in [0.2, 0.25) is 10.0 Å². The Hall–Kier alpha value is 0.630. The highest BCUT2D eigenvalue weighted by molar-refractivity contribution is 14.1. The number of hydrogen-bond acceptors (Lipinski definition) is 2. The van der Waals surface area contributed by atoms with Crippen LogP contribution in [0.4, 0.5) is 0 Å². The standard InChI is InChI=1S/C9H10BrClINO2S/c10-8-6-7(2-3-9(8)11)16(14,15)13-5-1-4-12/h2-3,6,13H,1,4-5H2. The van der Waals surface area contributed by atoms with Gasteiger partial charge in [-0.1, -0.05) is 34.2 Å². The number of rotatable bonds is 5. The van der Waals surface area contributed by atoms with Crippen molar-refractivity contribution in [1.29, 1.82) is 0 Å². The van der Waals surface area contributed by atoms with Crippen molar-refractivity contribution < 1.29 is 8.42 Å². The van der Waals surface area contributed by atoms with E-state index in [2.05, 4.69) is 43.2 Å². The molecule has 0 radical (unpaired) electrons. The molecule has 0 saturated carbocycles. The summed E-state index contributed by atoms with van der Waals surface area (Å²) in [7, 11) is -3.41. The molecule has 0 bridgehead atoms. The predicted molar refractivity (Wildman–Crippen MR) is 77.8 cm³/mol. The molecule has 3 nitrogen and oxygen atoms in total. The molecule has 90 valence electrons. The van der Waals surface area contributed by atoms with Crippen molar-refractivity contribution in [3.63, 3.8) is 0 Å². The predicted octanol–water partition coefficient (Wildman–Crippen LogP) is 3.21. The Labute approximate surface area is 122 Å². The lowest BCUT2D eigenvalue weighted by Gasteiger charge is -2.06. The molecular formula is C9H10BrClINO2S. The van der Waals surface area contributed by atoms with Crippen molar-refractivity contribution in [1.82, 2.24) is 4.72 Å². The summed E-state index contributed by atoms with van der Waals surface area (Å²) in [5.41, 5.74) is 0. The Morgan fingerprint density at radius 3 is 2.69 bits per heavy atom. The van der Waals surface area contributed by atoms with Gasteiger partial charge < -0.3 is 0 Å². The van der Waals surface area contributed by atoms with Crippen LogP contribution in [0, 0.1) is 0 Å². The lowest BCUT2D eigenvalue weighted by atomic mass is 10.4. The van der Waals surface area contributed by atoms with E-state index in [-0.39, 0.29) is 4.90 Å². The first kappa shape index (κ1) is 14.7. The van der Waals surface area contributed by atoms with E-state index in [0.29, 0.717) is 16.0 Å². The Kier molecular flexibility index (Phi) is 6.00. The summed E-state index contributed by atoms with van der Waals surface area (Å²) < 4.78 is 27.6. The van der Waals surface area contributed by atoms with Crippen LogP contribution in [0.2, 0.25) is 5.02 Å². The molecule has 1 aromatic rings. The highest BCUT2D eigenvalue weighted by Gasteiger charge is 2.14. The molecule has 0 saturated heterocycles. The van der Waals surface area contributed by atoms with E-state index in [1.165, 1.54) is 12.1 Å². The van der Waals surface area contributed by atoms with Crippen molar-refractivity contribution in [3.8, 4) is 0 Å². The smallest absolute Gasteiger partial charge is 0.211 e. The lowest BCUT2D eigenvalue weighted by Crippen LogP contribution is -2.25. The number of hydrogen-bond donors (Lipinski definition) is 1. The van der Waals surface area contributed by atoms with Gasteiger partial charge in [0, 0.05) is 15.4 Å². The van der Waals surface area contributed by atoms with Crippen molar-refractivity contribution in [2.24, 2.45) is 0 Å². The maximum Gasteiger partial charge on any atom is 0.240 e. The zero-order valence-electron chi connectivity index (χ0n) is 8.21. The molecular weight excluding hydrogens is 428 g/mol. The van der Waals surface area contributed by atoms with Crippen molar-refractivity contribution >= 4 is 60.1 Å². The fourth-order valence-corrected chi connectivity index (χ4v) is 3.13. The highest BCUT2D eigenvalue weighted by atomic mass is 127. The summed E-state index contributed by atoms with van der Waals surface area (Å²) in [5.74, 6) is 0. The fraction of sp³-hybridized carbons (Fsp3) is 0.333. The molecule has 0 atom stereocenters. The van der Waals surface area contributed by atoms with Crippen molar-refractivity contribution in [3.05, 3.63) is 27.7 Å². The molecule has 16 heavy (non-hydrogen) atoms. The number of sulfonamides is 1. The molecule has 7 heteroatoms. The summed E-state index contributed by atoms with van der Waals surface area (Å²) in [5, 5.41) is 0.492. The normalized spacial score (nSPS) is 11.7. The molecule has 0 unspecified atom stereocenters. The first-order valence-corrected chi connectivity index (χ1v) is 8.66. The van der Waals surface area contributed by atoms with Gasteiger partial charge in [-0.3, -0.25) is 0 Å². The minimum absolute atomic E-state index is 0.220. The minimum atomic E-state index is -3.41. The topological polar surface area (TPSA) is 46.2 Å². The fourth-order valence-electron chi connectivity index (χ4n) is 1.00. The molecule has 0 heterocycles. The molecule has 0 fully saturated rings. The SMILES string of the molecule is O=S(=O)(NCCCI)c1ccc(Cl)c(Br)c1. The van der Waals surface area contributed by atoms with Gasteiger partial charge in [-0.05, 0) is 40.5 Å². The van der Waals surface area contributed by atoms with E-state index in [4.69, 9.17) is 11.6 Å². The summed E-state index contributed by atoms with van der Waals surface area (Å²) in [6.45, 7) is 0.450. The maximum absolute atomic E-state index is 11.8. The third-order valence-electron chi connectivity index (χ3n) is 1.80. The van der Waals surface area contributed by atoms with Crippen LogP contribution in [0.5, 0.6) is 0 Å². The second kappa shape index (κ2) is 6.53. The maximum atomic E-state index is 11.8. The van der Waals surface area contributed by atoms with Crippen LogP contribution in [-0.4, -0.2) is 19.4 Å². The third kappa shape index (κ3) is 4.14. The summed E-state index contributed by atoms with van der Waals surface area (Å²) in [4.78, 5) is 0.220. The zero-order chi connectivity index (χ0) is 12.2. The minimum Gasteiger partial charge on any atom is -0.211 e. The van der Waals surface area contributed by atoms with Crippen LogP contribution < -0.4 is 4.72 Å². The van der Waals surface area contributed by atoms with Crippen LogP contribution in [0.1, 0.15) is 6.42 Å². The Morgan fingerprint density at radius 1 is 1.44 bits per heavy atom. The molecule has 1 aromatic carbocycles. The van der Waals surface area contributed by atoms with Crippen LogP contribution in [0.15, 0.2) is 27.6 Å². The van der Waals surface area contributed by atoms with E-state index in [1.807, 2.05) is 0 Å². The van der Waals surface area contributed by atoms with Crippen LogP contribution in [0.3, 0.4) is 0 Å². The second-order valence-electron chi connectivity index (χ2n) is 3.02. The van der Waals surface area contributed by atoms with Gasteiger partial charge in [-0.2, -0.15) is 0 Å². The van der Waals surface area contributed by atoms with E-state index < -0.39 is 10.0 Å². The molecule has 0 amide bonds. The van der Waals surface area contributed by atoms with Crippen LogP contribution in [0.25, 0.3) is 0 Å². The highest BCUT2D eigenvalue weighted by Crippen LogP contribution is 2.25. The van der Waals surface area contributed by atoms with Crippen molar-refractivity contribution in [2.75, 3.05) is 11.0 Å². The summed E-state index contributed by atoms with van der Waals surface area (Å²) in [6.07, 6.45) is 0.814. The quantitative estimate of drug-likeness (QED) is 0.436. The monoisotopic (exact) mass is 437 g/mol. The lowest BCUT2D eigenvalue weighted by molar-refractivity contribution is 0.581. The average molecular weight is 439 g/mol. The van der Waals surface area contributed by atoms with Gasteiger partial charge >= 0.3 is 0 Å².